The molecule has 0 amide bonds. The minimum absolute atomic E-state index is 0.538. The summed E-state index contributed by atoms with van der Waals surface area (Å²) in [6.07, 6.45) is 2.90. The summed E-state index contributed by atoms with van der Waals surface area (Å²) >= 11 is 0. The lowest BCUT2D eigenvalue weighted by molar-refractivity contribution is 0.306. The number of hydrogen-bond acceptors (Lipinski definition) is 4. The van der Waals surface area contributed by atoms with Crippen molar-refractivity contribution in [2.24, 2.45) is 5.73 Å². The number of nitrogens with one attached hydrogen (secondary N) is 1. The molecule has 32 heavy (non-hydrogen) atoms. The zero-order valence-electron chi connectivity index (χ0n) is 18.7. The van der Waals surface area contributed by atoms with Crippen LogP contribution in [0.5, 0.6) is 17.2 Å². The number of nitrogens with two attached hydrogens (primary N) is 1. The van der Waals surface area contributed by atoms with E-state index in [1.165, 1.54) is 5.56 Å². The molecule has 0 radical (unpaired) electrons. The second-order valence-corrected chi connectivity index (χ2v) is 7.75. The van der Waals surface area contributed by atoms with Crippen LogP contribution in [0.2, 0.25) is 0 Å². The van der Waals surface area contributed by atoms with Gasteiger partial charge in [-0.05, 0) is 67.3 Å². The van der Waals surface area contributed by atoms with Crippen molar-refractivity contribution in [2.45, 2.75) is 25.9 Å². The first kappa shape index (κ1) is 21.8. The molecule has 0 unspecified atom stereocenters. The number of hydrogen-bond donors (Lipinski definition) is 2. The lowest BCUT2D eigenvalue weighted by atomic mass is 9.99. The van der Waals surface area contributed by atoms with Crippen LogP contribution in [0.1, 0.15) is 24.0 Å². The highest BCUT2D eigenvalue weighted by Gasteiger charge is 2.19. The Morgan fingerprint density at radius 1 is 0.875 bits per heavy atom. The van der Waals surface area contributed by atoms with Crippen LogP contribution in [-0.2, 0) is 13.0 Å². The number of aromatic nitrogens is 1. The van der Waals surface area contributed by atoms with Gasteiger partial charge in [-0.1, -0.05) is 36.4 Å². The van der Waals surface area contributed by atoms with Gasteiger partial charge in [0.1, 0.15) is 12.4 Å². The van der Waals surface area contributed by atoms with E-state index in [0.29, 0.717) is 18.9 Å². The number of ether oxygens (including phenoxy) is 3. The Labute approximate surface area is 189 Å². The number of fused-ring (bicyclic) bond motifs is 1. The molecule has 5 heteroatoms. The molecule has 0 aliphatic heterocycles. The van der Waals surface area contributed by atoms with Crippen LogP contribution in [0.25, 0.3) is 22.2 Å². The van der Waals surface area contributed by atoms with Crippen molar-refractivity contribution in [1.82, 2.24) is 4.98 Å². The van der Waals surface area contributed by atoms with E-state index in [9.17, 15) is 0 Å². The number of aromatic amines is 1. The molecule has 0 aliphatic carbocycles. The first-order chi connectivity index (χ1) is 15.7. The number of methoxy groups -OCH3 is 2. The summed E-state index contributed by atoms with van der Waals surface area (Å²) in [5.41, 5.74) is 11.3. The molecule has 0 fully saturated rings. The van der Waals surface area contributed by atoms with E-state index < -0.39 is 0 Å². The lowest BCUT2D eigenvalue weighted by Crippen LogP contribution is -2.00. The minimum Gasteiger partial charge on any atom is -0.493 e. The molecule has 0 saturated carbocycles. The average Bonchev–Trinajstić information content (AvgIpc) is 3.20. The van der Waals surface area contributed by atoms with Crippen molar-refractivity contribution in [3.8, 4) is 28.5 Å². The van der Waals surface area contributed by atoms with Gasteiger partial charge in [-0.3, -0.25) is 0 Å². The average molecular weight is 431 g/mol. The van der Waals surface area contributed by atoms with Gasteiger partial charge in [-0.15, -0.1) is 0 Å². The molecule has 3 aromatic carbocycles. The topological polar surface area (TPSA) is 69.5 Å². The van der Waals surface area contributed by atoms with Gasteiger partial charge in [-0.2, -0.15) is 0 Å². The maximum atomic E-state index is 6.10. The largest absolute Gasteiger partial charge is 0.493 e. The van der Waals surface area contributed by atoms with E-state index in [-0.39, 0.29) is 0 Å². The van der Waals surface area contributed by atoms with E-state index >= 15 is 0 Å². The van der Waals surface area contributed by atoms with E-state index in [1.54, 1.807) is 14.2 Å². The second kappa shape index (κ2) is 10.2. The zero-order chi connectivity index (χ0) is 22.3. The Bertz CT molecular complexity index is 1170. The van der Waals surface area contributed by atoms with Crippen LogP contribution < -0.4 is 19.9 Å². The highest BCUT2D eigenvalue weighted by atomic mass is 16.5. The lowest BCUT2D eigenvalue weighted by Gasteiger charge is -2.13. The summed E-state index contributed by atoms with van der Waals surface area (Å²) in [5, 5.41) is 1.16. The number of unbranched alkanes of at least 4 members (excludes halogenated alkanes) is 1. The summed E-state index contributed by atoms with van der Waals surface area (Å²) in [7, 11) is 3.33. The molecule has 4 rings (SSSR count). The third-order valence-electron chi connectivity index (χ3n) is 5.68. The molecule has 0 aliphatic rings. The van der Waals surface area contributed by atoms with Gasteiger partial charge >= 0.3 is 0 Å². The predicted molar refractivity (Wildman–Crippen MR) is 130 cm³/mol. The molecule has 1 aromatic heterocycles. The zero-order valence-corrected chi connectivity index (χ0v) is 18.7. The minimum atomic E-state index is 0.538. The molecule has 1 heterocycles. The van der Waals surface area contributed by atoms with Crippen LogP contribution in [0.15, 0.2) is 66.7 Å². The van der Waals surface area contributed by atoms with Crippen LogP contribution in [-0.4, -0.2) is 25.7 Å². The first-order valence-electron chi connectivity index (χ1n) is 11.0. The van der Waals surface area contributed by atoms with E-state index in [4.69, 9.17) is 19.9 Å². The fourth-order valence-corrected chi connectivity index (χ4v) is 4.08. The van der Waals surface area contributed by atoms with Gasteiger partial charge in [0.25, 0.3) is 0 Å². The van der Waals surface area contributed by atoms with E-state index in [1.807, 2.05) is 36.4 Å². The Hall–Kier alpha value is -3.44. The van der Waals surface area contributed by atoms with Gasteiger partial charge in [0.05, 0.1) is 19.9 Å². The highest BCUT2D eigenvalue weighted by Crippen LogP contribution is 2.41. The molecule has 3 N–H and O–H groups in total. The first-order valence-corrected chi connectivity index (χ1v) is 11.0. The number of para-hydroxylation sites is 1. The Morgan fingerprint density at radius 2 is 1.72 bits per heavy atom. The second-order valence-electron chi connectivity index (χ2n) is 7.75. The number of aryl methyl sites for hydroxylation is 1. The number of H-pyrrole nitrogens is 1. The Kier molecular flexibility index (Phi) is 6.97. The standard InChI is InChI=1S/C27H30N2O3/c1-30-25-13-8-12-22(27(25)31-2)26-21(11-6-7-16-28)23-17-20(14-15-24(23)29-26)32-18-19-9-4-3-5-10-19/h3-5,8-10,12-15,17,29H,6-7,11,16,18,28H2,1-2H3. The third-order valence-corrected chi connectivity index (χ3v) is 5.68. The number of rotatable bonds is 10. The van der Waals surface area contributed by atoms with E-state index in [0.717, 1.165) is 58.5 Å². The molecule has 166 valence electrons. The SMILES string of the molecule is COc1cccc(-c2[nH]c3ccc(OCc4ccccc4)cc3c2CCCCN)c1OC. The molecule has 4 aromatic rings. The predicted octanol–water partition coefficient (Wildman–Crippen LogP) is 5.71. The third kappa shape index (κ3) is 4.58. The summed E-state index contributed by atoms with van der Waals surface area (Å²) in [6, 6.07) is 22.4. The molecule has 0 atom stereocenters. The van der Waals surface area contributed by atoms with Crippen molar-refractivity contribution in [3.63, 3.8) is 0 Å². The fourth-order valence-electron chi connectivity index (χ4n) is 4.08. The van der Waals surface area contributed by atoms with Gasteiger partial charge in [0.2, 0.25) is 0 Å². The molecular weight excluding hydrogens is 400 g/mol. The quantitative estimate of drug-likeness (QED) is 0.316. The molecule has 0 spiro atoms. The Morgan fingerprint density at radius 3 is 2.47 bits per heavy atom. The molecular formula is C27H30N2O3. The van der Waals surface area contributed by atoms with Gasteiger partial charge in [0.15, 0.2) is 11.5 Å². The summed E-state index contributed by atoms with van der Waals surface area (Å²) in [6.45, 7) is 1.22. The highest BCUT2D eigenvalue weighted by molar-refractivity contribution is 5.93. The smallest absolute Gasteiger partial charge is 0.170 e. The van der Waals surface area contributed by atoms with Gasteiger partial charge in [0, 0.05) is 16.5 Å². The van der Waals surface area contributed by atoms with Crippen LogP contribution in [0.4, 0.5) is 0 Å². The van der Waals surface area contributed by atoms with E-state index in [2.05, 4.69) is 35.3 Å². The molecule has 0 saturated heterocycles. The van der Waals surface area contributed by atoms with Crippen molar-refractivity contribution in [1.29, 1.82) is 0 Å². The van der Waals surface area contributed by atoms with Crippen molar-refractivity contribution >= 4 is 10.9 Å². The van der Waals surface area contributed by atoms with Crippen LogP contribution >= 0.6 is 0 Å². The maximum absolute atomic E-state index is 6.10. The Balaban J connectivity index is 1.75. The molecule has 5 nitrogen and oxygen atoms in total. The fraction of sp³-hybridized carbons (Fsp3) is 0.259. The normalized spacial score (nSPS) is 11.0. The van der Waals surface area contributed by atoms with Gasteiger partial charge in [-0.25, -0.2) is 0 Å². The summed E-state index contributed by atoms with van der Waals surface area (Å²) in [5.74, 6) is 2.29. The van der Waals surface area contributed by atoms with Crippen molar-refractivity contribution < 1.29 is 14.2 Å². The monoisotopic (exact) mass is 430 g/mol. The number of benzene rings is 3. The van der Waals surface area contributed by atoms with Crippen LogP contribution in [0, 0.1) is 0 Å². The van der Waals surface area contributed by atoms with Gasteiger partial charge < -0.3 is 24.9 Å². The van der Waals surface area contributed by atoms with Crippen molar-refractivity contribution in [3.05, 3.63) is 77.9 Å². The maximum Gasteiger partial charge on any atom is 0.170 e. The molecule has 0 bridgehead atoms. The van der Waals surface area contributed by atoms with Crippen LogP contribution in [0.3, 0.4) is 0 Å². The summed E-state index contributed by atoms with van der Waals surface area (Å²) < 4.78 is 17.3. The van der Waals surface area contributed by atoms with Crippen molar-refractivity contribution in [2.75, 3.05) is 20.8 Å². The summed E-state index contributed by atoms with van der Waals surface area (Å²) in [4.78, 5) is 3.61.